The third-order valence-electron chi connectivity index (χ3n) is 1.63. The van der Waals surface area contributed by atoms with E-state index in [-0.39, 0.29) is 0 Å². The van der Waals surface area contributed by atoms with Gasteiger partial charge < -0.3 is 0 Å². The van der Waals surface area contributed by atoms with Gasteiger partial charge in [-0.05, 0) is 18.8 Å². The standard InChI is InChI=1S/C6H9F3O.C2H6/c1-4-2-5(3-4)10-6(7,8)9;1-2/h4-5H,2-3H2,1H3;1-2H3. The van der Waals surface area contributed by atoms with Crippen LogP contribution in [0.2, 0.25) is 0 Å². The predicted octanol–water partition coefficient (Wildman–Crippen LogP) is 3.35. The lowest BCUT2D eigenvalue weighted by Gasteiger charge is -2.32. The van der Waals surface area contributed by atoms with E-state index in [0.717, 1.165) is 0 Å². The van der Waals surface area contributed by atoms with Gasteiger partial charge in [0.15, 0.2) is 0 Å². The smallest absolute Gasteiger partial charge is 0.289 e. The van der Waals surface area contributed by atoms with Crippen LogP contribution in [0.25, 0.3) is 0 Å². The van der Waals surface area contributed by atoms with Crippen LogP contribution in [0.3, 0.4) is 0 Å². The first-order valence-corrected chi connectivity index (χ1v) is 4.22. The summed E-state index contributed by atoms with van der Waals surface area (Å²) in [7, 11) is 0. The Kier molecular flexibility index (Phi) is 4.60. The van der Waals surface area contributed by atoms with Crippen LogP contribution in [0.1, 0.15) is 33.6 Å². The van der Waals surface area contributed by atoms with Crippen LogP contribution in [0.4, 0.5) is 13.2 Å². The van der Waals surface area contributed by atoms with Crippen molar-refractivity contribution in [1.82, 2.24) is 0 Å². The molecule has 0 aromatic carbocycles. The van der Waals surface area contributed by atoms with Crippen LogP contribution in [-0.4, -0.2) is 12.5 Å². The lowest BCUT2D eigenvalue weighted by Crippen LogP contribution is -2.34. The highest BCUT2D eigenvalue weighted by molar-refractivity contribution is 4.76. The second kappa shape index (κ2) is 4.70. The minimum absolute atomic E-state index is 0.396. The number of rotatable bonds is 1. The molecule has 0 heterocycles. The zero-order valence-electron chi connectivity index (χ0n) is 7.61. The molecule has 0 radical (unpaired) electrons. The van der Waals surface area contributed by atoms with Crippen LogP contribution in [0, 0.1) is 5.92 Å². The van der Waals surface area contributed by atoms with Gasteiger partial charge in [-0.3, -0.25) is 4.74 Å². The fourth-order valence-corrected chi connectivity index (χ4v) is 1.11. The lowest BCUT2D eigenvalue weighted by molar-refractivity contribution is -0.353. The molecule has 0 N–H and O–H groups in total. The molecule has 1 rings (SSSR count). The fourth-order valence-electron chi connectivity index (χ4n) is 1.11. The summed E-state index contributed by atoms with van der Waals surface area (Å²) in [5.74, 6) is 0.396. The highest BCUT2D eigenvalue weighted by atomic mass is 19.4. The number of alkyl halides is 3. The molecule has 0 aromatic rings. The number of halogens is 3. The van der Waals surface area contributed by atoms with E-state index in [1.807, 2.05) is 20.8 Å². The highest BCUT2D eigenvalue weighted by Gasteiger charge is 2.38. The SMILES string of the molecule is CC.CC1CC(OC(F)(F)F)C1. The van der Waals surface area contributed by atoms with E-state index < -0.39 is 12.5 Å². The zero-order valence-corrected chi connectivity index (χ0v) is 7.61. The normalized spacial score (nSPS) is 28.5. The minimum atomic E-state index is -4.44. The van der Waals surface area contributed by atoms with E-state index in [1.165, 1.54) is 0 Å². The quantitative estimate of drug-likeness (QED) is 0.607. The summed E-state index contributed by atoms with van der Waals surface area (Å²) in [4.78, 5) is 0. The summed E-state index contributed by atoms with van der Waals surface area (Å²) in [5.41, 5.74) is 0. The van der Waals surface area contributed by atoms with Crippen LogP contribution >= 0.6 is 0 Å². The third-order valence-corrected chi connectivity index (χ3v) is 1.63. The van der Waals surface area contributed by atoms with Crippen molar-refractivity contribution in [2.24, 2.45) is 5.92 Å². The molecule has 4 heteroatoms. The maximum Gasteiger partial charge on any atom is 0.522 e. The third kappa shape index (κ3) is 4.59. The monoisotopic (exact) mass is 184 g/mol. The molecule has 1 fully saturated rings. The molecule has 1 nitrogen and oxygen atoms in total. The molecule has 0 bridgehead atoms. The lowest BCUT2D eigenvalue weighted by atomic mass is 9.84. The second-order valence-electron chi connectivity index (χ2n) is 2.76. The second-order valence-corrected chi connectivity index (χ2v) is 2.76. The molecule has 1 saturated carbocycles. The number of ether oxygens (including phenoxy) is 1. The maximum absolute atomic E-state index is 11.4. The molecule has 0 aliphatic heterocycles. The first kappa shape index (κ1) is 11.8. The Hall–Kier alpha value is -0.250. The van der Waals surface area contributed by atoms with Crippen molar-refractivity contribution in [2.45, 2.75) is 46.1 Å². The Labute approximate surface area is 70.9 Å². The van der Waals surface area contributed by atoms with Crippen LogP contribution in [-0.2, 0) is 4.74 Å². The van der Waals surface area contributed by atoms with Gasteiger partial charge >= 0.3 is 6.36 Å². The van der Waals surface area contributed by atoms with Gasteiger partial charge in [-0.2, -0.15) is 0 Å². The molecule has 0 amide bonds. The summed E-state index contributed by atoms with van der Waals surface area (Å²) in [6, 6.07) is 0. The summed E-state index contributed by atoms with van der Waals surface area (Å²) >= 11 is 0. The molecule has 0 saturated heterocycles. The van der Waals surface area contributed by atoms with Crippen molar-refractivity contribution >= 4 is 0 Å². The number of hydrogen-bond acceptors (Lipinski definition) is 1. The Bertz CT molecular complexity index is 116. The average Bonchev–Trinajstić information content (AvgIpc) is 1.86. The maximum atomic E-state index is 11.4. The molecule has 0 aromatic heterocycles. The van der Waals surface area contributed by atoms with Gasteiger partial charge in [-0.1, -0.05) is 20.8 Å². The van der Waals surface area contributed by atoms with Gasteiger partial charge in [0, 0.05) is 0 Å². The van der Waals surface area contributed by atoms with Gasteiger partial charge in [0.2, 0.25) is 0 Å². The van der Waals surface area contributed by atoms with Crippen LogP contribution in [0.5, 0.6) is 0 Å². The van der Waals surface area contributed by atoms with E-state index in [2.05, 4.69) is 4.74 Å². The minimum Gasteiger partial charge on any atom is -0.289 e. The summed E-state index contributed by atoms with van der Waals surface area (Å²) in [6.45, 7) is 5.91. The first-order chi connectivity index (χ1) is 5.47. The summed E-state index contributed by atoms with van der Waals surface area (Å²) < 4.78 is 38.0. The van der Waals surface area contributed by atoms with Gasteiger partial charge in [0.25, 0.3) is 0 Å². The molecule has 0 unspecified atom stereocenters. The van der Waals surface area contributed by atoms with Crippen LogP contribution < -0.4 is 0 Å². The topological polar surface area (TPSA) is 9.23 Å². The summed E-state index contributed by atoms with van der Waals surface area (Å²) in [6.07, 6.45) is -3.93. The summed E-state index contributed by atoms with van der Waals surface area (Å²) in [5, 5.41) is 0. The van der Waals surface area contributed by atoms with Gasteiger partial charge in [0.05, 0.1) is 6.10 Å². The van der Waals surface area contributed by atoms with Crippen molar-refractivity contribution in [1.29, 1.82) is 0 Å². The van der Waals surface area contributed by atoms with Gasteiger partial charge in [-0.15, -0.1) is 13.2 Å². The molecule has 0 spiro atoms. The molecule has 12 heavy (non-hydrogen) atoms. The van der Waals surface area contributed by atoms with E-state index in [9.17, 15) is 13.2 Å². The molecule has 1 aliphatic carbocycles. The highest BCUT2D eigenvalue weighted by Crippen LogP contribution is 2.33. The van der Waals surface area contributed by atoms with E-state index in [1.54, 1.807) is 0 Å². The average molecular weight is 184 g/mol. The first-order valence-electron chi connectivity index (χ1n) is 4.22. The Morgan fingerprint density at radius 1 is 1.17 bits per heavy atom. The predicted molar refractivity (Wildman–Crippen MR) is 40.7 cm³/mol. The Morgan fingerprint density at radius 2 is 1.58 bits per heavy atom. The van der Waals surface area contributed by atoms with Crippen molar-refractivity contribution in [2.75, 3.05) is 0 Å². The number of hydrogen-bond donors (Lipinski definition) is 0. The van der Waals surface area contributed by atoms with E-state index in [4.69, 9.17) is 0 Å². The zero-order chi connectivity index (χ0) is 9.78. The molecule has 0 atom stereocenters. The molecular weight excluding hydrogens is 169 g/mol. The molecule has 74 valence electrons. The van der Waals surface area contributed by atoms with Crippen LogP contribution in [0.15, 0.2) is 0 Å². The van der Waals surface area contributed by atoms with Crippen molar-refractivity contribution in [3.63, 3.8) is 0 Å². The van der Waals surface area contributed by atoms with Crippen molar-refractivity contribution < 1.29 is 17.9 Å². The van der Waals surface area contributed by atoms with E-state index >= 15 is 0 Å². The van der Waals surface area contributed by atoms with E-state index in [0.29, 0.717) is 18.8 Å². The fraction of sp³-hybridized carbons (Fsp3) is 1.00. The Morgan fingerprint density at radius 3 is 1.83 bits per heavy atom. The van der Waals surface area contributed by atoms with Gasteiger partial charge in [0.1, 0.15) is 0 Å². The molecule has 1 aliphatic rings. The van der Waals surface area contributed by atoms with Crippen molar-refractivity contribution in [3.05, 3.63) is 0 Å². The van der Waals surface area contributed by atoms with Crippen molar-refractivity contribution in [3.8, 4) is 0 Å². The molecular formula is C8H15F3O. The van der Waals surface area contributed by atoms with Gasteiger partial charge in [-0.25, -0.2) is 0 Å². The Balaban J connectivity index is 0.000000561. The largest absolute Gasteiger partial charge is 0.522 e.